The van der Waals surface area contributed by atoms with Crippen molar-refractivity contribution in [2.24, 2.45) is 0 Å². The van der Waals surface area contributed by atoms with Gasteiger partial charge in [0.15, 0.2) is 0 Å². The van der Waals surface area contributed by atoms with Crippen LogP contribution in [0.4, 0.5) is 11.4 Å². The molecule has 162 valence electrons. The van der Waals surface area contributed by atoms with E-state index in [1.807, 2.05) is 0 Å². The summed E-state index contributed by atoms with van der Waals surface area (Å²) >= 11 is 0. The van der Waals surface area contributed by atoms with Gasteiger partial charge in [0.05, 0.1) is 29.6 Å². The molecular formula is C19H31N4O5S+. The van der Waals surface area contributed by atoms with E-state index >= 15 is 0 Å². The van der Waals surface area contributed by atoms with E-state index in [0.29, 0.717) is 38.5 Å². The molecule has 0 amide bonds. The predicted octanol–water partition coefficient (Wildman–Crippen LogP) is 0.875. The van der Waals surface area contributed by atoms with Gasteiger partial charge in [-0.25, -0.2) is 8.42 Å². The summed E-state index contributed by atoms with van der Waals surface area (Å²) in [6.07, 6.45) is 2.65. The molecule has 0 spiro atoms. The Bertz CT molecular complexity index is 831. The highest BCUT2D eigenvalue weighted by molar-refractivity contribution is 7.89. The standard InChI is InChI=1S/C19H30N4O5S/c1-19(2,21-10-12-28-13-11-21)15-20-17-7-6-16(14-18(17)23(24)25)29(26,27)22-8-4-3-5-9-22/h6-7,14,20H,3-5,8-13,15H2,1-2H3/p+1. The van der Waals surface area contributed by atoms with Gasteiger partial charge in [0.25, 0.3) is 5.69 Å². The Morgan fingerprint density at radius 1 is 1.21 bits per heavy atom. The lowest BCUT2D eigenvalue weighted by Crippen LogP contribution is -3.21. The number of sulfonamides is 1. The van der Waals surface area contributed by atoms with Gasteiger partial charge in [0.2, 0.25) is 10.0 Å². The zero-order valence-corrected chi connectivity index (χ0v) is 18.0. The van der Waals surface area contributed by atoms with E-state index in [0.717, 1.165) is 32.4 Å². The highest BCUT2D eigenvalue weighted by Gasteiger charge is 2.33. The topological polar surface area (TPSA) is 106 Å². The van der Waals surface area contributed by atoms with Gasteiger partial charge in [-0.15, -0.1) is 0 Å². The van der Waals surface area contributed by atoms with Crippen LogP contribution in [0.2, 0.25) is 0 Å². The van der Waals surface area contributed by atoms with Crippen LogP contribution in [0.15, 0.2) is 23.1 Å². The number of morpholine rings is 1. The summed E-state index contributed by atoms with van der Waals surface area (Å²) in [5.41, 5.74) is -0.0138. The molecule has 2 heterocycles. The molecule has 0 atom stereocenters. The van der Waals surface area contributed by atoms with Crippen LogP contribution >= 0.6 is 0 Å². The third-order valence-corrected chi connectivity index (χ3v) is 7.79. The first-order valence-electron chi connectivity index (χ1n) is 10.2. The molecular weight excluding hydrogens is 396 g/mol. The van der Waals surface area contributed by atoms with Crippen molar-refractivity contribution < 1.29 is 23.0 Å². The van der Waals surface area contributed by atoms with Gasteiger partial charge >= 0.3 is 0 Å². The summed E-state index contributed by atoms with van der Waals surface area (Å²) < 4.78 is 32.6. The van der Waals surface area contributed by atoms with Crippen molar-refractivity contribution in [3.05, 3.63) is 28.3 Å². The van der Waals surface area contributed by atoms with Crippen LogP contribution in [0.3, 0.4) is 0 Å². The molecule has 0 bridgehead atoms. The normalized spacial score (nSPS) is 19.8. The molecule has 3 rings (SSSR count). The average Bonchev–Trinajstić information content (AvgIpc) is 2.73. The van der Waals surface area contributed by atoms with Gasteiger partial charge in [0, 0.05) is 19.2 Å². The molecule has 2 saturated heterocycles. The second-order valence-electron chi connectivity index (χ2n) is 8.35. The average molecular weight is 428 g/mol. The summed E-state index contributed by atoms with van der Waals surface area (Å²) in [6, 6.07) is 4.16. The summed E-state index contributed by atoms with van der Waals surface area (Å²) in [4.78, 5) is 12.5. The maximum Gasteiger partial charge on any atom is 0.293 e. The molecule has 1 aromatic carbocycles. The van der Waals surface area contributed by atoms with E-state index in [1.165, 1.54) is 27.4 Å². The Morgan fingerprint density at radius 2 is 1.86 bits per heavy atom. The largest absolute Gasteiger partial charge is 0.373 e. The van der Waals surface area contributed by atoms with Gasteiger partial charge in [-0.1, -0.05) is 6.42 Å². The van der Waals surface area contributed by atoms with Gasteiger partial charge in [-0.2, -0.15) is 4.31 Å². The lowest BCUT2D eigenvalue weighted by molar-refractivity contribution is -0.953. The fraction of sp³-hybridized carbons (Fsp3) is 0.684. The Morgan fingerprint density at radius 3 is 2.48 bits per heavy atom. The zero-order valence-electron chi connectivity index (χ0n) is 17.1. The number of nitro benzene ring substituents is 1. The van der Waals surface area contributed by atoms with Crippen molar-refractivity contribution in [1.82, 2.24) is 4.31 Å². The Hall–Kier alpha value is -1.75. The van der Waals surface area contributed by atoms with E-state index < -0.39 is 14.9 Å². The molecule has 0 radical (unpaired) electrons. The minimum absolute atomic E-state index is 0.0188. The lowest BCUT2D eigenvalue weighted by Gasteiger charge is -2.37. The summed E-state index contributed by atoms with van der Waals surface area (Å²) in [5.74, 6) is 0. The molecule has 2 N–H and O–H groups in total. The third-order valence-electron chi connectivity index (χ3n) is 5.89. The fourth-order valence-corrected chi connectivity index (χ4v) is 5.50. The second kappa shape index (κ2) is 8.95. The Kier molecular flexibility index (Phi) is 6.77. The smallest absolute Gasteiger partial charge is 0.293 e. The molecule has 29 heavy (non-hydrogen) atoms. The predicted molar refractivity (Wildman–Crippen MR) is 110 cm³/mol. The van der Waals surface area contributed by atoms with Crippen LogP contribution in [-0.4, -0.2) is 69.1 Å². The molecule has 0 aliphatic carbocycles. The second-order valence-corrected chi connectivity index (χ2v) is 10.3. The molecule has 2 fully saturated rings. The minimum atomic E-state index is -3.71. The minimum Gasteiger partial charge on any atom is -0.373 e. The maximum atomic E-state index is 12.9. The van der Waals surface area contributed by atoms with E-state index in [-0.39, 0.29) is 16.1 Å². The number of piperidine rings is 1. The third kappa shape index (κ3) is 5.06. The number of nitrogens with zero attached hydrogens (tertiary/aromatic N) is 2. The van der Waals surface area contributed by atoms with Crippen LogP contribution < -0.4 is 10.2 Å². The van der Waals surface area contributed by atoms with Crippen molar-refractivity contribution in [3.8, 4) is 0 Å². The number of nitro groups is 1. The molecule has 9 nitrogen and oxygen atoms in total. The monoisotopic (exact) mass is 427 g/mol. The molecule has 2 aliphatic rings. The number of anilines is 1. The van der Waals surface area contributed by atoms with Crippen LogP contribution in [-0.2, 0) is 14.8 Å². The lowest BCUT2D eigenvalue weighted by atomic mass is 10.0. The molecule has 0 saturated carbocycles. The first-order valence-corrected chi connectivity index (χ1v) is 11.6. The summed E-state index contributed by atoms with van der Waals surface area (Å²) in [5, 5.41) is 14.8. The van der Waals surface area contributed by atoms with E-state index in [9.17, 15) is 18.5 Å². The molecule has 0 aromatic heterocycles. The SMILES string of the molecule is CC(C)(CNc1ccc(S(=O)(=O)N2CCCCC2)cc1[N+](=O)[O-])[NH+]1CCOCC1. The van der Waals surface area contributed by atoms with Crippen LogP contribution in [0.5, 0.6) is 0 Å². The number of hydrogen-bond acceptors (Lipinski definition) is 6. The van der Waals surface area contributed by atoms with E-state index in [1.54, 1.807) is 0 Å². The van der Waals surface area contributed by atoms with Gasteiger partial charge in [-0.3, -0.25) is 10.1 Å². The Balaban J connectivity index is 1.78. The van der Waals surface area contributed by atoms with Gasteiger partial charge < -0.3 is 15.0 Å². The number of quaternary nitrogens is 1. The quantitative estimate of drug-likeness (QED) is 0.494. The van der Waals surface area contributed by atoms with Crippen LogP contribution in [0.25, 0.3) is 0 Å². The highest BCUT2D eigenvalue weighted by atomic mass is 32.2. The Labute approximate surface area is 172 Å². The first-order chi connectivity index (χ1) is 13.7. The number of hydrogen-bond donors (Lipinski definition) is 2. The van der Waals surface area contributed by atoms with Crippen LogP contribution in [0, 0.1) is 10.1 Å². The number of ether oxygens (including phenoxy) is 1. The highest BCUT2D eigenvalue weighted by Crippen LogP contribution is 2.30. The first kappa shape index (κ1) is 21.9. The van der Waals surface area contributed by atoms with Crippen LogP contribution in [0.1, 0.15) is 33.1 Å². The molecule has 0 unspecified atom stereocenters. The number of nitrogens with one attached hydrogen (secondary N) is 2. The molecule has 2 aliphatic heterocycles. The number of benzene rings is 1. The van der Waals surface area contributed by atoms with Crippen molar-refractivity contribution in [1.29, 1.82) is 0 Å². The molecule has 10 heteroatoms. The van der Waals surface area contributed by atoms with Crippen molar-refractivity contribution in [2.75, 3.05) is 51.3 Å². The van der Waals surface area contributed by atoms with E-state index in [4.69, 9.17) is 4.74 Å². The maximum absolute atomic E-state index is 12.9. The summed E-state index contributed by atoms with van der Waals surface area (Å²) in [6.45, 7) is 8.89. The van der Waals surface area contributed by atoms with Crippen molar-refractivity contribution in [2.45, 2.75) is 43.5 Å². The van der Waals surface area contributed by atoms with Crippen molar-refractivity contribution >= 4 is 21.4 Å². The number of rotatable bonds is 7. The molecule has 1 aromatic rings. The van der Waals surface area contributed by atoms with Gasteiger partial charge in [0.1, 0.15) is 24.3 Å². The van der Waals surface area contributed by atoms with Crippen molar-refractivity contribution in [3.63, 3.8) is 0 Å². The van der Waals surface area contributed by atoms with Gasteiger partial charge in [-0.05, 0) is 38.8 Å². The summed E-state index contributed by atoms with van der Waals surface area (Å²) in [7, 11) is -3.71. The zero-order chi connectivity index (χ0) is 21.1. The van der Waals surface area contributed by atoms with E-state index in [2.05, 4.69) is 19.2 Å². The fourth-order valence-electron chi connectivity index (χ4n) is 3.96.